The topological polar surface area (TPSA) is 37.3 Å². The summed E-state index contributed by atoms with van der Waals surface area (Å²) in [7, 11) is -7.85. The average molecular weight is 430 g/mol. The fourth-order valence-corrected chi connectivity index (χ4v) is 2.69. The molecule has 0 bridgehead atoms. The summed E-state index contributed by atoms with van der Waals surface area (Å²) in [6.07, 6.45) is -10.9. The van der Waals surface area contributed by atoms with Crippen molar-refractivity contribution in [2.24, 2.45) is 0 Å². The molecule has 2 atom stereocenters. The second kappa shape index (κ2) is 6.74. The Labute approximate surface area is 128 Å². The first-order valence-electron chi connectivity index (χ1n) is 5.37. The maximum Gasteiger partial charge on any atom is 0.372 e. The fourth-order valence-electron chi connectivity index (χ4n) is 1.19. The van der Waals surface area contributed by atoms with Crippen molar-refractivity contribution >= 4 is 7.37 Å². The molecule has 0 rings (SSSR count). The molecular formula is C8H5F14O2P. The number of hydrogen-bond donors (Lipinski definition) is 1. The lowest BCUT2D eigenvalue weighted by atomic mass is 10.2. The molecule has 152 valence electrons. The molecular weight excluding hydrogens is 425 g/mol. The first kappa shape index (κ1) is 24.2. The Bertz CT molecular complexity index is 477. The van der Waals surface area contributed by atoms with Crippen molar-refractivity contribution in [3.05, 3.63) is 0 Å². The minimum Gasteiger partial charge on any atom is -0.340 e. The van der Waals surface area contributed by atoms with Crippen LogP contribution in [0.1, 0.15) is 0 Å². The van der Waals surface area contributed by atoms with Crippen molar-refractivity contribution in [2.45, 2.75) is 48.4 Å². The van der Waals surface area contributed by atoms with E-state index in [-0.39, 0.29) is 0 Å². The van der Waals surface area contributed by atoms with E-state index in [1.165, 1.54) is 0 Å². The molecule has 25 heavy (non-hydrogen) atoms. The lowest BCUT2D eigenvalue weighted by Gasteiger charge is -2.34. The summed E-state index contributed by atoms with van der Waals surface area (Å²) in [4.78, 5) is 8.50. The molecule has 0 heterocycles. The van der Waals surface area contributed by atoms with Gasteiger partial charge in [0.1, 0.15) is 0 Å². The summed E-state index contributed by atoms with van der Waals surface area (Å²) in [6, 6.07) is 0. The molecule has 0 aliphatic rings. The van der Waals surface area contributed by atoms with Gasteiger partial charge in [0, 0.05) is 0 Å². The van der Waals surface area contributed by atoms with E-state index in [0.717, 1.165) is 0 Å². The Morgan fingerprint density at radius 1 is 0.560 bits per heavy atom. The van der Waals surface area contributed by atoms with Crippen LogP contribution in [0, 0.1) is 0 Å². The van der Waals surface area contributed by atoms with Crippen LogP contribution in [-0.2, 0) is 4.57 Å². The molecule has 0 aromatic rings. The average Bonchev–Trinajstić information content (AvgIpc) is 2.44. The Morgan fingerprint density at radius 3 is 0.920 bits per heavy atom. The third-order valence-corrected chi connectivity index (χ3v) is 4.63. The summed E-state index contributed by atoms with van der Waals surface area (Å²) in [5.74, 6) is -39.1. The number of rotatable bonds is 8. The van der Waals surface area contributed by atoms with Gasteiger partial charge in [0.05, 0.1) is 0 Å². The van der Waals surface area contributed by atoms with E-state index in [2.05, 4.69) is 0 Å². The van der Waals surface area contributed by atoms with Gasteiger partial charge in [-0.1, -0.05) is 0 Å². The van der Waals surface area contributed by atoms with Crippen molar-refractivity contribution in [3.63, 3.8) is 0 Å². The lowest BCUT2D eigenvalue weighted by molar-refractivity contribution is -0.281. The molecule has 0 aliphatic carbocycles. The molecule has 0 spiro atoms. The summed E-state index contributed by atoms with van der Waals surface area (Å²) >= 11 is 0. The van der Waals surface area contributed by atoms with Gasteiger partial charge in [-0.3, -0.25) is 4.57 Å². The number of alkyl halides is 14. The van der Waals surface area contributed by atoms with Crippen molar-refractivity contribution < 1.29 is 70.9 Å². The van der Waals surface area contributed by atoms with Gasteiger partial charge in [-0.25, -0.2) is 26.3 Å². The van der Waals surface area contributed by atoms with Crippen molar-refractivity contribution in [1.29, 1.82) is 0 Å². The zero-order valence-corrected chi connectivity index (χ0v) is 11.8. The van der Waals surface area contributed by atoms with Crippen LogP contribution in [0.5, 0.6) is 0 Å². The second-order valence-electron chi connectivity index (χ2n) is 4.44. The molecule has 0 saturated heterocycles. The van der Waals surface area contributed by atoms with Crippen LogP contribution in [0.2, 0.25) is 0 Å². The molecule has 0 fully saturated rings. The Balaban J connectivity index is 6.04. The zero-order chi connectivity index (χ0) is 20.8. The fraction of sp³-hybridized carbons (Fsp3) is 1.00. The highest BCUT2D eigenvalue weighted by atomic mass is 31.2. The summed E-state index contributed by atoms with van der Waals surface area (Å²) in [6.45, 7) is 0. The normalized spacial score (nSPS) is 19.9. The van der Waals surface area contributed by atoms with Gasteiger partial charge in [-0.2, -0.15) is 35.1 Å². The molecule has 0 saturated carbocycles. The van der Waals surface area contributed by atoms with Gasteiger partial charge in [-0.15, -0.1) is 0 Å². The molecule has 0 amide bonds. The molecule has 17 heteroatoms. The van der Waals surface area contributed by atoms with Gasteiger partial charge in [0.25, 0.3) is 7.37 Å². The quantitative estimate of drug-likeness (QED) is 0.439. The van der Waals surface area contributed by atoms with Crippen LogP contribution in [0.25, 0.3) is 0 Å². The van der Waals surface area contributed by atoms with Crippen molar-refractivity contribution in [2.75, 3.05) is 0 Å². The highest BCUT2D eigenvalue weighted by Crippen LogP contribution is 2.65. The van der Waals surface area contributed by atoms with Crippen LogP contribution in [0.15, 0.2) is 0 Å². The predicted molar refractivity (Wildman–Crippen MR) is 51.4 cm³/mol. The highest BCUT2D eigenvalue weighted by Gasteiger charge is 2.77. The van der Waals surface area contributed by atoms with Gasteiger partial charge in [0.15, 0.2) is 0 Å². The maximum atomic E-state index is 13.1. The van der Waals surface area contributed by atoms with Gasteiger partial charge < -0.3 is 4.89 Å². The van der Waals surface area contributed by atoms with Crippen LogP contribution in [0.4, 0.5) is 61.5 Å². The third kappa shape index (κ3) is 3.69. The molecule has 0 aliphatic heterocycles. The smallest absolute Gasteiger partial charge is 0.340 e. The first-order valence-corrected chi connectivity index (χ1v) is 7.17. The van der Waals surface area contributed by atoms with E-state index < -0.39 is 55.7 Å². The summed E-state index contributed by atoms with van der Waals surface area (Å²) in [5.41, 5.74) is 0. The van der Waals surface area contributed by atoms with E-state index in [0.29, 0.717) is 0 Å². The predicted octanol–water partition coefficient (Wildman–Crippen LogP) is 4.92. The Hall–Kier alpha value is -0.790. The van der Waals surface area contributed by atoms with E-state index in [9.17, 15) is 66.0 Å². The molecule has 2 nitrogen and oxygen atoms in total. The van der Waals surface area contributed by atoms with E-state index in [1.54, 1.807) is 0 Å². The zero-order valence-electron chi connectivity index (χ0n) is 10.9. The molecule has 1 N–H and O–H groups in total. The van der Waals surface area contributed by atoms with Crippen LogP contribution >= 0.6 is 7.37 Å². The van der Waals surface area contributed by atoms with Gasteiger partial charge in [0.2, 0.25) is 11.8 Å². The van der Waals surface area contributed by atoms with Gasteiger partial charge >= 0.3 is 36.5 Å². The van der Waals surface area contributed by atoms with Crippen LogP contribution in [0.3, 0.4) is 0 Å². The van der Waals surface area contributed by atoms with Gasteiger partial charge in [-0.05, 0) is 0 Å². The Morgan fingerprint density at radius 2 is 0.760 bits per heavy atom. The van der Waals surface area contributed by atoms with Crippen molar-refractivity contribution in [1.82, 2.24) is 0 Å². The monoisotopic (exact) mass is 430 g/mol. The first-order chi connectivity index (χ1) is 10.7. The number of hydrogen-bond acceptors (Lipinski definition) is 1. The lowest BCUT2D eigenvalue weighted by Crippen LogP contribution is -2.56. The summed E-state index contributed by atoms with van der Waals surface area (Å²) in [5, 5.41) is 0. The van der Waals surface area contributed by atoms with Crippen molar-refractivity contribution in [3.8, 4) is 0 Å². The summed E-state index contributed by atoms with van der Waals surface area (Å²) < 4.78 is 186. The minimum absolute atomic E-state index is 5.46. The maximum absolute atomic E-state index is 13.1. The third-order valence-electron chi connectivity index (χ3n) is 2.68. The van der Waals surface area contributed by atoms with E-state index in [4.69, 9.17) is 4.89 Å². The number of halogens is 14. The molecule has 0 radical (unpaired) electrons. The van der Waals surface area contributed by atoms with E-state index >= 15 is 0 Å². The Kier molecular flexibility index (Phi) is 6.53. The standard InChI is InChI=1S/C8H5F14O2P/c9-1(10)5(15,16)7(19,20)3(13)25(23,24)4(14)8(21,22)6(17,18)2(11)12/h1-4H,(H,23,24). The molecule has 0 aromatic carbocycles. The highest BCUT2D eigenvalue weighted by molar-refractivity contribution is 7.59. The molecule has 2 unspecified atom stereocenters. The second-order valence-corrected chi connectivity index (χ2v) is 6.69. The molecule has 0 aromatic heterocycles. The van der Waals surface area contributed by atoms with Crippen LogP contribution in [-0.4, -0.2) is 53.3 Å². The van der Waals surface area contributed by atoms with Crippen LogP contribution < -0.4 is 0 Å². The SMILES string of the molecule is O=P(O)(C(F)C(F)(F)C(F)(F)C(F)F)C(F)C(F)(F)C(F)(F)C(F)F. The largest absolute Gasteiger partial charge is 0.372 e. The van der Waals surface area contributed by atoms with E-state index in [1.807, 2.05) is 0 Å². The minimum atomic E-state index is -7.85.